The van der Waals surface area contributed by atoms with E-state index in [2.05, 4.69) is 6.07 Å². The van der Waals surface area contributed by atoms with Crippen LogP contribution in [0.2, 0.25) is 0 Å². The second kappa shape index (κ2) is 6.73. The van der Waals surface area contributed by atoms with Crippen LogP contribution in [0.1, 0.15) is 50.2 Å². The van der Waals surface area contributed by atoms with Crippen molar-refractivity contribution in [2.45, 2.75) is 57.2 Å². The Morgan fingerprint density at radius 3 is 2.71 bits per heavy atom. The van der Waals surface area contributed by atoms with Gasteiger partial charge >= 0.3 is 5.97 Å². The highest BCUT2D eigenvalue weighted by Crippen LogP contribution is 2.27. The predicted octanol–water partition coefficient (Wildman–Crippen LogP) is 2.73. The average molecular weight is 287 g/mol. The first-order chi connectivity index (χ1) is 9.98. The van der Waals surface area contributed by atoms with Crippen LogP contribution in [0.3, 0.4) is 0 Å². The number of unbranched alkanes of at least 4 members (excludes halogenated alkanes) is 1. The molecule has 1 N–H and O–H groups in total. The van der Waals surface area contributed by atoms with Crippen molar-refractivity contribution in [2.75, 3.05) is 0 Å². The summed E-state index contributed by atoms with van der Waals surface area (Å²) in [6.07, 6.45) is 4.14. The summed E-state index contributed by atoms with van der Waals surface area (Å²) in [7, 11) is 0. The quantitative estimate of drug-likeness (QED) is 0.667. The summed E-state index contributed by atoms with van der Waals surface area (Å²) in [4.78, 5) is 11.4. The zero-order valence-electron chi connectivity index (χ0n) is 12.3. The second-order valence-electron chi connectivity index (χ2n) is 6.04. The largest absolute Gasteiger partial charge is 0.462 e. The standard InChI is InChI=1S/C17H21NO3/c1-17(20)10-15(21-16(19)11-17)5-3-2-4-13-6-8-14(12-18)9-7-13/h6-9,15,20H,2-5,10-11H2,1H3/t15-,17-/m1/s1. The summed E-state index contributed by atoms with van der Waals surface area (Å²) in [5, 5.41) is 18.7. The van der Waals surface area contributed by atoms with Crippen LogP contribution in [0.4, 0.5) is 0 Å². The molecule has 1 saturated heterocycles. The minimum atomic E-state index is -0.923. The van der Waals surface area contributed by atoms with E-state index >= 15 is 0 Å². The number of hydrogen-bond acceptors (Lipinski definition) is 4. The third-order valence-corrected chi connectivity index (χ3v) is 3.82. The molecule has 21 heavy (non-hydrogen) atoms. The van der Waals surface area contributed by atoms with E-state index in [4.69, 9.17) is 10.00 Å². The first kappa shape index (κ1) is 15.5. The molecule has 1 heterocycles. The third-order valence-electron chi connectivity index (χ3n) is 3.82. The topological polar surface area (TPSA) is 70.3 Å². The molecular weight excluding hydrogens is 266 g/mol. The van der Waals surface area contributed by atoms with Crippen LogP contribution in [-0.2, 0) is 16.0 Å². The van der Waals surface area contributed by atoms with Gasteiger partial charge in [-0.2, -0.15) is 5.26 Å². The Morgan fingerprint density at radius 1 is 1.38 bits per heavy atom. The summed E-state index contributed by atoms with van der Waals surface area (Å²) in [6.45, 7) is 1.69. The zero-order chi connectivity index (χ0) is 15.3. The Bertz CT molecular complexity index is 528. The molecular formula is C17H21NO3. The normalized spacial score (nSPS) is 25.2. The van der Waals surface area contributed by atoms with Crippen LogP contribution < -0.4 is 0 Å². The molecule has 0 aromatic heterocycles. The van der Waals surface area contributed by atoms with Crippen molar-refractivity contribution in [2.24, 2.45) is 0 Å². The summed E-state index contributed by atoms with van der Waals surface area (Å²) in [5.41, 5.74) is 0.962. The molecule has 4 nitrogen and oxygen atoms in total. The maximum Gasteiger partial charge on any atom is 0.308 e. The number of cyclic esters (lactones) is 1. The molecule has 1 fully saturated rings. The van der Waals surface area contributed by atoms with Crippen LogP contribution in [0, 0.1) is 11.3 Å². The van der Waals surface area contributed by atoms with Crippen molar-refractivity contribution in [3.8, 4) is 6.07 Å². The van der Waals surface area contributed by atoms with Crippen LogP contribution in [-0.4, -0.2) is 22.8 Å². The molecule has 1 aliphatic heterocycles. The number of nitriles is 1. The van der Waals surface area contributed by atoms with Crippen molar-refractivity contribution in [3.63, 3.8) is 0 Å². The Labute approximate surface area is 125 Å². The lowest BCUT2D eigenvalue weighted by atomic mass is 9.90. The molecule has 1 aromatic carbocycles. The second-order valence-corrected chi connectivity index (χ2v) is 6.04. The van der Waals surface area contributed by atoms with Gasteiger partial charge in [-0.3, -0.25) is 4.79 Å². The minimum Gasteiger partial charge on any atom is -0.462 e. The number of benzene rings is 1. The Balaban J connectivity index is 1.72. The summed E-state index contributed by atoms with van der Waals surface area (Å²) in [6, 6.07) is 9.71. The minimum absolute atomic E-state index is 0.0920. The van der Waals surface area contributed by atoms with Crippen molar-refractivity contribution in [1.29, 1.82) is 5.26 Å². The molecule has 0 spiro atoms. The predicted molar refractivity (Wildman–Crippen MR) is 78.4 cm³/mol. The van der Waals surface area contributed by atoms with Gasteiger partial charge in [-0.15, -0.1) is 0 Å². The average Bonchev–Trinajstić information content (AvgIpc) is 2.42. The molecule has 0 radical (unpaired) electrons. The van der Waals surface area contributed by atoms with Gasteiger partial charge in [-0.25, -0.2) is 0 Å². The van der Waals surface area contributed by atoms with Gasteiger partial charge in [0.1, 0.15) is 6.10 Å². The van der Waals surface area contributed by atoms with Crippen molar-refractivity contribution < 1.29 is 14.6 Å². The number of nitrogens with zero attached hydrogens (tertiary/aromatic N) is 1. The van der Waals surface area contributed by atoms with Gasteiger partial charge < -0.3 is 9.84 Å². The smallest absolute Gasteiger partial charge is 0.308 e. The van der Waals surface area contributed by atoms with Crippen molar-refractivity contribution >= 4 is 5.97 Å². The maximum absolute atomic E-state index is 11.4. The molecule has 0 bridgehead atoms. The van der Waals surface area contributed by atoms with Gasteiger partial charge in [0.05, 0.1) is 23.7 Å². The molecule has 1 aromatic rings. The van der Waals surface area contributed by atoms with Gasteiger partial charge in [0, 0.05) is 6.42 Å². The SMILES string of the molecule is C[C@]1(O)CC(=O)O[C@H](CCCCc2ccc(C#N)cc2)C1. The van der Waals surface area contributed by atoms with Crippen LogP contribution in [0.25, 0.3) is 0 Å². The van der Waals surface area contributed by atoms with Gasteiger partial charge in [-0.05, 0) is 50.3 Å². The molecule has 4 heteroatoms. The van der Waals surface area contributed by atoms with Gasteiger partial charge in [0.25, 0.3) is 0 Å². The van der Waals surface area contributed by atoms with Crippen LogP contribution >= 0.6 is 0 Å². The monoisotopic (exact) mass is 287 g/mol. The Morgan fingerprint density at radius 2 is 2.10 bits per heavy atom. The number of rotatable bonds is 5. The fourth-order valence-electron chi connectivity index (χ4n) is 2.75. The highest BCUT2D eigenvalue weighted by atomic mass is 16.5. The lowest BCUT2D eigenvalue weighted by molar-refractivity contribution is -0.168. The van der Waals surface area contributed by atoms with E-state index in [0.29, 0.717) is 12.0 Å². The molecule has 1 aliphatic rings. The Kier molecular flexibility index (Phi) is 4.98. The van der Waals surface area contributed by atoms with Gasteiger partial charge in [0.2, 0.25) is 0 Å². The summed E-state index contributed by atoms with van der Waals surface area (Å²) >= 11 is 0. The van der Waals surface area contributed by atoms with E-state index in [1.165, 1.54) is 5.56 Å². The molecule has 0 unspecified atom stereocenters. The maximum atomic E-state index is 11.4. The van der Waals surface area contributed by atoms with E-state index < -0.39 is 5.60 Å². The van der Waals surface area contributed by atoms with Gasteiger partial charge in [0.15, 0.2) is 0 Å². The number of ether oxygens (including phenoxy) is 1. The van der Waals surface area contributed by atoms with Gasteiger partial charge in [-0.1, -0.05) is 12.1 Å². The number of carbonyl (C=O) groups excluding carboxylic acids is 1. The van der Waals surface area contributed by atoms with Crippen LogP contribution in [0.15, 0.2) is 24.3 Å². The lowest BCUT2D eigenvalue weighted by Gasteiger charge is -2.33. The number of hydrogen-bond donors (Lipinski definition) is 1. The first-order valence-corrected chi connectivity index (χ1v) is 7.39. The summed E-state index contributed by atoms with van der Waals surface area (Å²) in [5.74, 6) is -0.302. The number of aliphatic hydroxyl groups is 1. The molecule has 2 atom stereocenters. The highest BCUT2D eigenvalue weighted by molar-refractivity contribution is 5.71. The molecule has 2 rings (SSSR count). The highest BCUT2D eigenvalue weighted by Gasteiger charge is 2.35. The Hall–Kier alpha value is -1.86. The molecule has 0 amide bonds. The van der Waals surface area contributed by atoms with Crippen molar-refractivity contribution in [1.82, 2.24) is 0 Å². The third kappa shape index (κ3) is 4.87. The first-order valence-electron chi connectivity index (χ1n) is 7.39. The van der Waals surface area contributed by atoms with E-state index in [1.807, 2.05) is 24.3 Å². The molecule has 0 aliphatic carbocycles. The fraction of sp³-hybridized carbons (Fsp3) is 0.529. The van der Waals surface area contributed by atoms with E-state index in [1.54, 1.807) is 6.92 Å². The zero-order valence-corrected chi connectivity index (χ0v) is 12.3. The number of carbonyl (C=O) groups is 1. The van der Waals surface area contributed by atoms with Crippen LogP contribution in [0.5, 0.6) is 0 Å². The molecule has 112 valence electrons. The lowest BCUT2D eigenvalue weighted by Crippen LogP contribution is -2.40. The number of esters is 1. The fourth-order valence-corrected chi connectivity index (χ4v) is 2.75. The van der Waals surface area contributed by atoms with E-state index in [-0.39, 0.29) is 18.5 Å². The summed E-state index contributed by atoms with van der Waals surface area (Å²) < 4.78 is 5.27. The van der Waals surface area contributed by atoms with E-state index in [0.717, 1.165) is 25.7 Å². The molecule has 0 saturated carbocycles. The van der Waals surface area contributed by atoms with Crippen molar-refractivity contribution in [3.05, 3.63) is 35.4 Å². The number of aryl methyl sites for hydroxylation is 1. The van der Waals surface area contributed by atoms with E-state index in [9.17, 15) is 9.90 Å².